The predicted octanol–water partition coefficient (Wildman–Crippen LogP) is -0.522. The molecule has 0 aliphatic carbocycles. The normalized spacial score (nSPS) is 29.3. The smallest absolute Gasteiger partial charge is 0.345 e. The number of aliphatic hydroxyl groups is 3. The second-order valence-electron chi connectivity index (χ2n) is 4.95. The van der Waals surface area contributed by atoms with E-state index in [1.165, 1.54) is 0 Å². The van der Waals surface area contributed by atoms with Crippen molar-refractivity contribution in [2.24, 2.45) is 5.29 Å². The van der Waals surface area contributed by atoms with E-state index in [1.54, 1.807) is 13.8 Å². The minimum Gasteiger partial charge on any atom is -0.388 e. The minimum atomic E-state index is -1.51. The van der Waals surface area contributed by atoms with Crippen LogP contribution < -0.4 is 0 Å². The summed E-state index contributed by atoms with van der Waals surface area (Å²) in [5.74, 6) is 0.0127. The quantitative estimate of drug-likeness (QED) is 0.355. The molecule has 9 nitrogen and oxygen atoms in total. The zero-order valence-electron chi connectivity index (χ0n) is 11.8. The Bertz CT molecular complexity index is 372. The number of amides is 2. The lowest BCUT2D eigenvalue weighted by Gasteiger charge is -2.43. The topological polar surface area (TPSA) is 123 Å². The molecule has 10 heteroatoms. The summed E-state index contributed by atoms with van der Waals surface area (Å²) in [6, 6.07) is -1.24. The lowest BCUT2D eigenvalue weighted by atomic mass is 10.0. The first-order valence-electron chi connectivity index (χ1n) is 6.50. The number of nitroso groups, excluding NO2 is 1. The summed E-state index contributed by atoms with van der Waals surface area (Å²) >= 11 is 5.50. The standard InChI is InChI=1S/C11H20ClN3O6/c1-6(2)15(11(19)14(13-20)4-3-12)10-9(18)8(17)7(16)5-21-10/h6-10,16-18H,3-5H2,1-2H3/t7-,8-,9+,10?/m0/s1. The van der Waals surface area contributed by atoms with Crippen molar-refractivity contribution in [1.29, 1.82) is 0 Å². The number of carbonyl (C=O) groups excluding carboxylic acids is 1. The molecule has 0 aromatic carbocycles. The van der Waals surface area contributed by atoms with E-state index in [1.807, 2.05) is 0 Å². The average molecular weight is 326 g/mol. The second kappa shape index (κ2) is 7.85. The highest BCUT2D eigenvalue weighted by atomic mass is 35.5. The van der Waals surface area contributed by atoms with Gasteiger partial charge in [-0.05, 0) is 13.8 Å². The van der Waals surface area contributed by atoms with Gasteiger partial charge in [0.15, 0.2) is 6.23 Å². The molecule has 1 aliphatic rings. The van der Waals surface area contributed by atoms with Gasteiger partial charge in [-0.2, -0.15) is 5.01 Å². The highest BCUT2D eigenvalue weighted by Crippen LogP contribution is 2.22. The van der Waals surface area contributed by atoms with Gasteiger partial charge in [-0.25, -0.2) is 4.79 Å². The molecule has 0 aromatic heterocycles. The third-order valence-corrected chi connectivity index (χ3v) is 3.31. The summed E-state index contributed by atoms with van der Waals surface area (Å²) in [6.45, 7) is 2.95. The Kier molecular flexibility index (Phi) is 6.75. The van der Waals surface area contributed by atoms with Crippen molar-refractivity contribution in [2.45, 2.75) is 44.4 Å². The highest BCUT2D eigenvalue weighted by Gasteiger charge is 2.44. The van der Waals surface area contributed by atoms with Gasteiger partial charge in [-0.3, -0.25) is 4.90 Å². The van der Waals surface area contributed by atoms with Crippen LogP contribution in [0.5, 0.6) is 0 Å². The van der Waals surface area contributed by atoms with E-state index in [0.717, 1.165) is 4.90 Å². The summed E-state index contributed by atoms with van der Waals surface area (Å²) in [6.07, 6.45) is -5.41. The number of hydrogen-bond acceptors (Lipinski definition) is 7. The van der Waals surface area contributed by atoms with Gasteiger partial charge < -0.3 is 20.1 Å². The molecule has 3 N–H and O–H groups in total. The van der Waals surface area contributed by atoms with Crippen molar-refractivity contribution in [1.82, 2.24) is 9.91 Å². The molecule has 1 heterocycles. The summed E-state index contributed by atoms with van der Waals surface area (Å²) in [4.78, 5) is 24.1. The molecule has 4 atom stereocenters. The van der Waals surface area contributed by atoms with Gasteiger partial charge >= 0.3 is 6.03 Å². The first-order valence-corrected chi connectivity index (χ1v) is 7.03. The van der Waals surface area contributed by atoms with Crippen LogP contribution in [-0.2, 0) is 4.74 Å². The molecular formula is C11H20ClN3O6. The third kappa shape index (κ3) is 4.01. The first kappa shape index (κ1) is 18.1. The highest BCUT2D eigenvalue weighted by molar-refractivity contribution is 6.18. The number of rotatable bonds is 5. The Hall–Kier alpha value is -1.00. The molecular weight excluding hydrogens is 306 g/mol. The van der Waals surface area contributed by atoms with Crippen molar-refractivity contribution in [3.63, 3.8) is 0 Å². The molecule has 21 heavy (non-hydrogen) atoms. The molecule has 0 spiro atoms. The van der Waals surface area contributed by atoms with E-state index in [4.69, 9.17) is 16.3 Å². The van der Waals surface area contributed by atoms with Crippen LogP contribution in [0.4, 0.5) is 4.79 Å². The molecule has 0 saturated carbocycles. The number of urea groups is 1. The van der Waals surface area contributed by atoms with E-state index in [2.05, 4.69) is 5.29 Å². The van der Waals surface area contributed by atoms with E-state index < -0.39 is 36.6 Å². The van der Waals surface area contributed by atoms with Crippen LogP contribution in [0.15, 0.2) is 5.29 Å². The number of nitrogens with zero attached hydrogens (tertiary/aromatic N) is 3. The van der Waals surface area contributed by atoms with Gasteiger partial charge in [0.25, 0.3) is 0 Å². The molecule has 0 aromatic rings. The average Bonchev–Trinajstić information content (AvgIpc) is 2.44. The minimum absolute atomic E-state index is 0.0127. The van der Waals surface area contributed by atoms with Crippen molar-refractivity contribution in [3.05, 3.63) is 4.91 Å². The molecule has 1 rings (SSSR count). The van der Waals surface area contributed by atoms with Crippen LogP contribution in [0.2, 0.25) is 0 Å². The van der Waals surface area contributed by atoms with Crippen molar-refractivity contribution >= 4 is 17.6 Å². The maximum Gasteiger partial charge on any atom is 0.345 e. The van der Waals surface area contributed by atoms with E-state index in [0.29, 0.717) is 5.01 Å². The lowest BCUT2D eigenvalue weighted by Crippen LogP contribution is -2.63. The van der Waals surface area contributed by atoms with Crippen LogP contribution in [0.1, 0.15) is 13.8 Å². The van der Waals surface area contributed by atoms with Crippen molar-refractivity contribution < 1.29 is 24.9 Å². The Labute approximate surface area is 127 Å². The van der Waals surface area contributed by atoms with Gasteiger partial charge in [0.05, 0.1) is 18.4 Å². The Morgan fingerprint density at radius 3 is 2.48 bits per heavy atom. The van der Waals surface area contributed by atoms with Gasteiger partial charge in [-0.1, -0.05) is 0 Å². The zero-order valence-corrected chi connectivity index (χ0v) is 12.5. The maximum absolute atomic E-state index is 12.3. The summed E-state index contributed by atoms with van der Waals surface area (Å²) < 4.78 is 5.23. The van der Waals surface area contributed by atoms with E-state index >= 15 is 0 Å². The Balaban J connectivity index is 2.95. The van der Waals surface area contributed by atoms with Crippen molar-refractivity contribution in [3.8, 4) is 0 Å². The maximum atomic E-state index is 12.3. The summed E-state index contributed by atoms with van der Waals surface area (Å²) in [7, 11) is 0. The fraction of sp³-hybridized carbons (Fsp3) is 0.909. The summed E-state index contributed by atoms with van der Waals surface area (Å²) in [5, 5.41) is 32.3. The molecule has 1 aliphatic heterocycles. The second-order valence-corrected chi connectivity index (χ2v) is 5.33. The predicted molar refractivity (Wildman–Crippen MR) is 73.4 cm³/mol. The molecule has 2 amide bonds. The number of hydrogen-bond donors (Lipinski definition) is 3. The fourth-order valence-electron chi connectivity index (χ4n) is 2.04. The molecule has 0 radical (unpaired) electrons. The molecule has 1 fully saturated rings. The monoisotopic (exact) mass is 325 g/mol. The number of aliphatic hydroxyl groups excluding tert-OH is 3. The molecule has 122 valence electrons. The van der Waals surface area contributed by atoms with Crippen LogP contribution in [0.3, 0.4) is 0 Å². The van der Waals surface area contributed by atoms with Crippen molar-refractivity contribution in [2.75, 3.05) is 19.0 Å². The Morgan fingerprint density at radius 1 is 1.38 bits per heavy atom. The zero-order chi connectivity index (χ0) is 16.2. The number of ether oxygens (including phenoxy) is 1. The Morgan fingerprint density at radius 2 is 2.00 bits per heavy atom. The first-order chi connectivity index (χ1) is 9.84. The van der Waals surface area contributed by atoms with Gasteiger partial charge in [0.1, 0.15) is 18.3 Å². The molecule has 1 unspecified atom stereocenters. The van der Waals surface area contributed by atoms with Crippen LogP contribution in [0.25, 0.3) is 0 Å². The van der Waals surface area contributed by atoms with Crippen LogP contribution in [0, 0.1) is 4.91 Å². The van der Waals surface area contributed by atoms with Gasteiger partial charge in [-0.15, -0.1) is 16.5 Å². The van der Waals surface area contributed by atoms with Gasteiger partial charge in [0, 0.05) is 11.9 Å². The van der Waals surface area contributed by atoms with E-state index in [-0.39, 0.29) is 19.0 Å². The molecule has 1 saturated heterocycles. The number of alkyl halides is 1. The fourth-order valence-corrected chi connectivity index (χ4v) is 2.20. The third-order valence-electron chi connectivity index (χ3n) is 3.14. The van der Waals surface area contributed by atoms with Crippen LogP contribution >= 0.6 is 11.6 Å². The SMILES string of the molecule is CC(C)N(C(=O)N(CCCl)N=O)C1OC[C@H](O)[C@H](O)[C@H]1O. The van der Waals surface area contributed by atoms with E-state index in [9.17, 15) is 25.0 Å². The largest absolute Gasteiger partial charge is 0.388 e. The molecule has 0 bridgehead atoms. The number of halogens is 1. The summed E-state index contributed by atoms with van der Waals surface area (Å²) in [5.41, 5.74) is 0. The lowest BCUT2D eigenvalue weighted by molar-refractivity contribution is -0.224. The van der Waals surface area contributed by atoms with Gasteiger partial charge in [0.2, 0.25) is 0 Å². The number of carbonyl (C=O) groups is 1. The van der Waals surface area contributed by atoms with Crippen LogP contribution in [-0.4, -0.2) is 80.9 Å².